The number of carbonyl (C=O) groups excluding carboxylic acids is 2. The second-order valence-electron chi connectivity index (χ2n) is 8.68. The topological polar surface area (TPSA) is 134 Å². The Morgan fingerprint density at radius 1 is 1.12 bits per heavy atom. The van der Waals surface area contributed by atoms with Crippen molar-refractivity contribution in [3.63, 3.8) is 0 Å². The predicted octanol–water partition coefficient (Wildman–Crippen LogP) is 4.60. The number of ether oxygens (including phenoxy) is 1. The van der Waals surface area contributed by atoms with Crippen molar-refractivity contribution in [2.45, 2.75) is 25.6 Å². The average molecular weight is 593 g/mol. The molecule has 0 unspecified atom stereocenters. The molecule has 3 N–H and O–H groups in total. The van der Waals surface area contributed by atoms with Crippen LogP contribution >= 0.6 is 11.6 Å². The Kier molecular flexibility index (Phi) is 8.14. The van der Waals surface area contributed by atoms with Gasteiger partial charge in [-0.2, -0.15) is 13.2 Å². The molecule has 214 valence electrons. The molecule has 4 aromatic rings. The van der Waals surface area contributed by atoms with Gasteiger partial charge >= 0.3 is 6.18 Å². The number of methoxy groups -OCH3 is 1. The second kappa shape index (κ2) is 11.4. The number of hydrogen-bond donors (Lipinski definition) is 2. The van der Waals surface area contributed by atoms with Crippen LogP contribution in [0.15, 0.2) is 59.7 Å². The molecule has 0 spiro atoms. The molecule has 0 saturated heterocycles. The van der Waals surface area contributed by atoms with Crippen LogP contribution < -0.4 is 21.3 Å². The molecule has 0 radical (unpaired) electrons. The molecule has 1 atom stereocenters. The van der Waals surface area contributed by atoms with Crippen molar-refractivity contribution in [3.8, 4) is 22.6 Å². The monoisotopic (exact) mass is 592 g/mol. The molecule has 0 bridgehead atoms. The van der Waals surface area contributed by atoms with E-state index in [4.69, 9.17) is 22.1 Å². The summed E-state index contributed by atoms with van der Waals surface area (Å²) in [6, 6.07) is 7.65. The van der Waals surface area contributed by atoms with Crippen LogP contribution in [0.2, 0.25) is 5.02 Å². The number of halogens is 5. The van der Waals surface area contributed by atoms with Gasteiger partial charge < -0.3 is 15.8 Å². The third kappa shape index (κ3) is 6.06. The number of anilines is 1. The summed E-state index contributed by atoms with van der Waals surface area (Å²) in [7, 11) is 1.30. The van der Waals surface area contributed by atoms with Crippen molar-refractivity contribution < 1.29 is 31.9 Å². The number of amides is 2. The van der Waals surface area contributed by atoms with Gasteiger partial charge in [0.2, 0.25) is 5.91 Å². The zero-order valence-corrected chi connectivity index (χ0v) is 22.1. The Hall–Kier alpha value is -4.72. The zero-order valence-electron chi connectivity index (χ0n) is 21.4. The van der Waals surface area contributed by atoms with Gasteiger partial charge in [0.05, 0.1) is 30.8 Å². The van der Waals surface area contributed by atoms with Crippen LogP contribution in [-0.4, -0.2) is 38.5 Å². The summed E-state index contributed by atoms with van der Waals surface area (Å²) < 4.78 is 61.0. The van der Waals surface area contributed by atoms with Crippen molar-refractivity contribution >= 4 is 29.1 Å². The summed E-state index contributed by atoms with van der Waals surface area (Å²) in [5, 5.41) is 9.45. The van der Waals surface area contributed by atoms with Gasteiger partial charge in [0.15, 0.2) is 5.69 Å². The van der Waals surface area contributed by atoms with Crippen LogP contribution in [0.4, 0.5) is 23.2 Å². The number of nitrogens with two attached hydrogens (primary N) is 1. The Morgan fingerprint density at radius 2 is 1.85 bits per heavy atom. The lowest BCUT2D eigenvalue weighted by atomic mass is 10.0. The number of nitrogens with one attached hydrogen (secondary N) is 1. The number of carbonyl (C=O) groups is 2. The van der Waals surface area contributed by atoms with Crippen molar-refractivity contribution in [2.24, 2.45) is 5.73 Å². The molecular weight excluding hydrogens is 572 g/mol. The van der Waals surface area contributed by atoms with E-state index in [9.17, 15) is 31.9 Å². The maximum absolute atomic E-state index is 14.2. The highest BCUT2D eigenvalue weighted by Gasteiger charge is 2.35. The molecule has 41 heavy (non-hydrogen) atoms. The van der Waals surface area contributed by atoms with E-state index in [-0.39, 0.29) is 45.3 Å². The fraction of sp³-hybridized carbons (Fsp3) is 0.192. The summed E-state index contributed by atoms with van der Waals surface area (Å²) in [5.41, 5.74) is 3.40. The Labute approximate surface area is 234 Å². The third-order valence-corrected chi connectivity index (χ3v) is 6.31. The van der Waals surface area contributed by atoms with Gasteiger partial charge in [0, 0.05) is 27.9 Å². The third-order valence-electron chi connectivity index (χ3n) is 6.07. The van der Waals surface area contributed by atoms with E-state index in [0.717, 1.165) is 27.4 Å². The molecule has 0 aliphatic rings. The highest BCUT2D eigenvalue weighted by atomic mass is 35.5. The number of hydrogen-bond acceptors (Lipinski definition) is 6. The standard InChI is InChI=1S/C26H21ClF4N6O4/c1-3-19(25(40)33-14-5-6-15(24(32)39)18(28)9-14)36-11-21(41-2)17(10-23(36)38)16-8-13(27)4-7-20(16)37-12-22(34-35-37)26(29,30)31/h4-12,19H,3H2,1-2H3,(H2,32,39)(H,33,40)/t19-/m0/s1. The smallest absolute Gasteiger partial charge is 0.436 e. The Balaban J connectivity index is 1.74. The molecule has 2 aromatic heterocycles. The minimum atomic E-state index is -4.73. The molecule has 2 heterocycles. The molecule has 0 saturated carbocycles. The summed E-state index contributed by atoms with van der Waals surface area (Å²) >= 11 is 6.17. The number of nitrogens with zero attached hydrogens (tertiary/aromatic N) is 4. The first-order valence-electron chi connectivity index (χ1n) is 11.8. The molecule has 2 aromatic carbocycles. The van der Waals surface area contributed by atoms with Crippen LogP contribution in [0.1, 0.15) is 35.4 Å². The van der Waals surface area contributed by atoms with Crippen LogP contribution in [0, 0.1) is 5.82 Å². The normalized spacial score (nSPS) is 12.2. The number of pyridine rings is 1. The minimum absolute atomic E-state index is 0.0298. The van der Waals surface area contributed by atoms with Crippen molar-refractivity contribution in [1.82, 2.24) is 19.6 Å². The van der Waals surface area contributed by atoms with Crippen molar-refractivity contribution in [2.75, 3.05) is 12.4 Å². The maximum atomic E-state index is 14.2. The first kappa shape index (κ1) is 29.3. The minimum Gasteiger partial charge on any atom is -0.495 e. The SMILES string of the molecule is CC[C@@H](C(=O)Nc1ccc(C(N)=O)c(F)c1)n1cc(OC)c(-c2cc(Cl)ccc2-n2cc(C(F)(F)F)nn2)cc1=O. The quantitative estimate of drug-likeness (QED) is 0.287. The molecule has 4 rings (SSSR count). The summed E-state index contributed by atoms with van der Waals surface area (Å²) in [4.78, 5) is 37.6. The molecule has 15 heteroatoms. The van der Waals surface area contributed by atoms with Gasteiger partial charge in [-0.05, 0) is 42.8 Å². The fourth-order valence-electron chi connectivity index (χ4n) is 4.11. The predicted molar refractivity (Wildman–Crippen MR) is 140 cm³/mol. The van der Waals surface area contributed by atoms with Crippen LogP contribution in [0.5, 0.6) is 5.75 Å². The van der Waals surface area contributed by atoms with E-state index in [1.807, 2.05) is 0 Å². The lowest BCUT2D eigenvalue weighted by Crippen LogP contribution is -2.32. The van der Waals surface area contributed by atoms with Crippen LogP contribution in [-0.2, 0) is 11.0 Å². The van der Waals surface area contributed by atoms with Crippen molar-refractivity contribution in [1.29, 1.82) is 0 Å². The van der Waals surface area contributed by atoms with Gasteiger partial charge in [0.1, 0.15) is 17.6 Å². The lowest BCUT2D eigenvalue weighted by Gasteiger charge is -2.21. The molecule has 0 aliphatic heterocycles. The van der Waals surface area contributed by atoms with E-state index in [1.54, 1.807) is 6.92 Å². The number of primary amides is 1. The van der Waals surface area contributed by atoms with E-state index in [0.29, 0.717) is 6.20 Å². The maximum Gasteiger partial charge on any atom is 0.436 e. The van der Waals surface area contributed by atoms with E-state index < -0.39 is 41.1 Å². The first-order chi connectivity index (χ1) is 19.3. The largest absolute Gasteiger partial charge is 0.495 e. The molecule has 0 aliphatic carbocycles. The van der Waals surface area contributed by atoms with E-state index in [1.165, 1.54) is 37.6 Å². The summed E-state index contributed by atoms with van der Waals surface area (Å²) in [6.45, 7) is 1.64. The van der Waals surface area contributed by atoms with Crippen molar-refractivity contribution in [3.05, 3.63) is 87.3 Å². The van der Waals surface area contributed by atoms with Crippen LogP contribution in [0.3, 0.4) is 0 Å². The number of rotatable bonds is 8. The highest BCUT2D eigenvalue weighted by Crippen LogP contribution is 2.36. The molecule has 2 amide bonds. The van der Waals surface area contributed by atoms with E-state index >= 15 is 0 Å². The van der Waals surface area contributed by atoms with Crippen LogP contribution in [0.25, 0.3) is 16.8 Å². The van der Waals surface area contributed by atoms with Gasteiger partial charge in [-0.25, -0.2) is 9.07 Å². The molecular formula is C26H21ClF4N6O4. The summed E-state index contributed by atoms with van der Waals surface area (Å²) in [6.07, 6.45) is -2.63. The number of benzene rings is 2. The average Bonchev–Trinajstić information content (AvgIpc) is 3.40. The Morgan fingerprint density at radius 3 is 2.44 bits per heavy atom. The number of aromatic nitrogens is 4. The highest BCUT2D eigenvalue weighted by molar-refractivity contribution is 6.31. The fourth-order valence-corrected chi connectivity index (χ4v) is 4.28. The summed E-state index contributed by atoms with van der Waals surface area (Å²) in [5.74, 6) is -2.48. The van der Waals surface area contributed by atoms with Gasteiger partial charge in [-0.15, -0.1) is 5.10 Å². The first-order valence-corrected chi connectivity index (χ1v) is 12.2. The number of alkyl halides is 3. The van der Waals surface area contributed by atoms with Gasteiger partial charge in [0.25, 0.3) is 11.5 Å². The molecule has 10 nitrogen and oxygen atoms in total. The second-order valence-corrected chi connectivity index (χ2v) is 9.12. The van der Waals surface area contributed by atoms with Gasteiger partial charge in [-0.1, -0.05) is 23.7 Å². The van der Waals surface area contributed by atoms with Gasteiger partial charge in [-0.3, -0.25) is 19.0 Å². The zero-order chi connectivity index (χ0) is 30.1. The lowest BCUT2D eigenvalue weighted by molar-refractivity contribution is -0.141. The Bertz CT molecular complexity index is 1700. The molecule has 0 fully saturated rings. The van der Waals surface area contributed by atoms with E-state index in [2.05, 4.69) is 15.6 Å².